The topological polar surface area (TPSA) is 98.9 Å². The third-order valence-electron chi connectivity index (χ3n) is 11.6. The summed E-state index contributed by atoms with van der Waals surface area (Å²) in [5, 5.41) is 6.24. The predicted molar refractivity (Wildman–Crippen MR) is 193 cm³/mol. The fourth-order valence-corrected chi connectivity index (χ4v) is 9.22. The molecule has 49 heavy (non-hydrogen) atoms. The van der Waals surface area contributed by atoms with Crippen LogP contribution in [-0.2, 0) is 4.74 Å². The Morgan fingerprint density at radius 2 is 1.37 bits per heavy atom. The van der Waals surface area contributed by atoms with Crippen molar-refractivity contribution in [3.05, 3.63) is 84.7 Å². The molecule has 2 aliphatic heterocycles. The molecule has 252 valence electrons. The van der Waals surface area contributed by atoms with Gasteiger partial charge in [0.15, 0.2) is 0 Å². The summed E-state index contributed by atoms with van der Waals surface area (Å²) in [4.78, 5) is 32.1. The van der Waals surface area contributed by atoms with Crippen molar-refractivity contribution in [3.63, 3.8) is 0 Å². The van der Waals surface area contributed by atoms with Gasteiger partial charge in [-0.05, 0) is 111 Å². The number of hydrogen-bond donors (Lipinski definition) is 3. The van der Waals surface area contributed by atoms with Crippen molar-refractivity contribution in [2.45, 2.75) is 102 Å². The van der Waals surface area contributed by atoms with Crippen molar-refractivity contribution in [2.75, 3.05) is 0 Å². The number of amides is 1. The van der Waals surface area contributed by atoms with Crippen molar-refractivity contribution in [2.24, 2.45) is 11.8 Å². The summed E-state index contributed by atoms with van der Waals surface area (Å²) in [6.07, 6.45) is 13.2. The Morgan fingerprint density at radius 3 is 2.14 bits per heavy atom. The SMILES string of the molecule is CC(C)(C)OC(=O)N1[C@H](c2ncc(-c3ccc(-c4ccc5cc(-c6cnc([C@@H]7C[C@@H]8CCC[C@@H]8N7)[nH]6)ccc5c4)cc3)[nH]2)C[C@@H]2CCC[C@@H]21. The fraction of sp³-hybridized carbons (Fsp3) is 0.439. The number of carbonyl (C=O) groups excluding carboxylic acids is 1. The van der Waals surface area contributed by atoms with Gasteiger partial charge in [-0.25, -0.2) is 14.8 Å². The van der Waals surface area contributed by atoms with Gasteiger partial charge in [0.05, 0.1) is 35.9 Å². The standard InChI is InChI=1S/C41H46N6O2/c1-41(2,3)49-40(48)47-36-9-5-7-31(36)21-37(47)39-43-22-34(46-39)25-12-10-24(11-13-25)26-14-15-28-19-30(17-16-27(28)18-26)35-23-42-38(45-35)33-20-29-6-4-8-32(29)44-33/h10-19,22-23,29,31-33,36-37,44H,4-9,20-21H2,1-3H3,(H,42,45)(H,43,46)/t29-,31-,32-,33-,36-,37-/m0/s1. The molecule has 8 heteroatoms. The van der Waals surface area contributed by atoms with Gasteiger partial charge in [0.1, 0.15) is 17.2 Å². The Bertz CT molecular complexity index is 1990. The number of hydrogen-bond acceptors (Lipinski definition) is 5. The molecule has 2 aliphatic carbocycles. The molecule has 6 atom stereocenters. The molecule has 4 fully saturated rings. The molecule has 2 saturated carbocycles. The second kappa shape index (κ2) is 11.9. The van der Waals surface area contributed by atoms with Gasteiger partial charge in [-0.15, -0.1) is 0 Å². The summed E-state index contributed by atoms with van der Waals surface area (Å²) in [5.74, 6) is 3.23. The molecule has 3 N–H and O–H groups in total. The molecule has 2 aromatic heterocycles. The second-order valence-corrected chi connectivity index (χ2v) is 15.9. The van der Waals surface area contributed by atoms with E-state index in [0.717, 1.165) is 59.3 Å². The predicted octanol–water partition coefficient (Wildman–Crippen LogP) is 9.34. The maximum Gasteiger partial charge on any atom is 0.411 e. The van der Waals surface area contributed by atoms with Crippen molar-refractivity contribution >= 4 is 16.9 Å². The molecule has 8 nitrogen and oxygen atoms in total. The summed E-state index contributed by atoms with van der Waals surface area (Å²) >= 11 is 0. The van der Waals surface area contributed by atoms with Gasteiger partial charge < -0.3 is 20.0 Å². The molecular weight excluding hydrogens is 608 g/mol. The monoisotopic (exact) mass is 654 g/mol. The zero-order valence-corrected chi connectivity index (χ0v) is 28.7. The number of carbonyl (C=O) groups is 1. The van der Waals surface area contributed by atoms with E-state index in [4.69, 9.17) is 14.7 Å². The Morgan fingerprint density at radius 1 is 0.735 bits per heavy atom. The third-order valence-corrected chi connectivity index (χ3v) is 11.6. The van der Waals surface area contributed by atoms with E-state index in [-0.39, 0.29) is 18.2 Å². The van der Waals surface area contributed by atoms with Gasteiger partial charge in [-0.1, -0.05) is 61.4 Å². The van der Waals surface area contributed by atoms with Gasteiger partial charge in [0.25, 0.3) is 0 Å². The first-order valence-corrected chi connectivity index (χ1v) is 18.3. The highest BCUT2D eigenvalue weighted by atomic mass is 16.6. The molecule has 5 aromatic rings. The van der Waals surface area contributed by atoms with Gasteiger partial charge in [-0.3, -0.25) is 4.90 Å². The zero-order valence-electron chi connectivity index (χ0n) is 28.7. The molecule has 9 rings (SSSR count). The lowest BCUT2D eigenvalue weighted by Crippen LogP contribution is -2.41. The normalized spacial score (nSPS) is 26.4. The summed E-state index contributed by atoms with van der Waals surface area (Å²) in [7, 11) is 0. The first-order chi connectivity index (χ1) is 23.8. The van der Waals surface area contributed by atoms with Crippen LogP contribution in [0, 0.1) is 11.8 Å². The molecule has 1 amide bonds. The van der Waals surface area contributed by atoms with E-state index in [1.165, 1.54) is 54.0 Å². The van der Waals surface area contributed by atoms with Crippen molar-refractivity contribution in [1.29, 1.82) is 0 Å². The largest absolute Gasteiger partial charge is 0.444 e. The number of fused-ring (bicyclic) bond motifs is 3. The van der Waals surface area contributed by atoms with Crippen LogP contribution >= 0.6 is 0 Å². The van der Waals surface area contributed by atoms with Gasteiger partial charge in [-0.2, -0.15) is 0 Å². The van der Waals surface area contributed by atoms with E-state index in [9.17, 15) is 4.79 Å². The van der Waals surface area contributed by atoms with Crippen LogP contribution in [0.25, 0.3) is 44.4 Å². The molecule has 0 spiro atoms. The molecule has 0 radical (unpaired) electrons. The first-order valence-electron chi connectivity index (χ1n) is 18.3. The highest BCUT2D eigenvalue weighted by Gasteiger charge is 2.49. The van der Waals surface area contributed by atoms with E-state index in [1.807, 2.05) is 38.1 Å². The number of nitrogens with zero attached hydrogens (tertiary/aromatic N) is 3. The van der Waals surface area contributed by atoms with E-state index in [1.54, 1.807) is 0 Å². The second-order valence-electron chi connectivity index (χ2n) is 15.9. The zero-order chi connectivity index (χ0) is 33.3. The third kappa shape index (κ3) is 5.74. The molecule has 4 heterocycles. The number of ether oxygens (including phenoxy) is 1. The van der Waals surface area contributed by atoms with Gasteiger partial charge in [0, 0.05) is 17.6 Å². The number of aromatic amines is 2. The van der Waals surface area contributed by atoms with Crippen LogP contribution in [0.1, 0.15) is 95.9 Å². The molecular formula is C41H46N6O2. The summed E-state index contributed by atoms with van der Waals surface area (Å²) in [6, 6.07) is 23.2. The van der Waals surface area contributed by atoms with E-state index in [2.05, 4.69) is 75.9 Å². The average Bonchev–Trinajstić information content (AvgIpc) is 3.92. The molecule has 4 aliphatic rings. The Hall–Kier alpha value is -4.43. The lowest BCUT2D eigenvalue weighted by atomic mass is 9.98. The number of likely N-dealkylation sites (tertiary alicyclic amines) is 1. The van der Waals surface area contributed by atoms with Crippen molar-refractivity contribution in [1.82, 2.24) is 30.2 Å². The quantitative estimate of drug-likeness (QED) is 0.175. The number of H-pyrrole nitrogens is 2. The Balaban J connectivity index is 0.902. The molecule has 0 bridgehead atoms. The minimum absolute atomic E-state index is 0.0874. The number of aromatic nitrogens is 4. The molecule has 2 saturated heterocycles. The number of nitrogens with one attached hydrogen (secondary N) is 3. The molecule has 3 aromatic carbocycles. The fourth-order valence-electron chi connectivity index (χ4n) is 9.22. The number of benzene rings is 3. The summed E-state index contributed by atoms with van der Waals surface area (Å²) in [5.41, 5.74) is 6.10. The van der Waals surface area contributed by atoms with Gasteiger partial charge >= 0.3 is 6.09 Å². The van der Waals surface area contributed by atoms with E-state index < -0.39 is 5.60 Å². The Kier molecular flexibility index (Phi) is 7.41. The maximum atomic E-state index is 13.3. The molecule has 0 unspecified atom stereocenters. The number of imidazole rings is 2. The van der Waals surface area contributed by atoms with E-state index >= 15 is 0 Å². The summed E-state index contributed by atoms with van der Waals surface area (Å²) in [6.45, 7) is 5.79. The van der Waals surface area contributed by atoms with Crippen LogP contribution < -0.4 is 5.32 Å². The van der Waals surface area contributed by atoms with Crippen LogP contribution in [0.2, 0.25) is 0 Å². The van der Waals surface area contributed by atoms with Crippen LogP contribution in [0.5, 0.6) is 0 Å². The summed E-state index contributed by atoms with van der Waals surface area (Å²) < 4.78 is 5.85. The van der Waals surface area contributed by atoms with Crippen LogP contribution in [0.15, 0.2) is 73.1 Å². The first kappa shape index (κ1) is 30.6. The highest BCUT2D eigenvalue weighted by Crippen LogP contribution is 2.48. The maximum absolute atomic E-state index is 13.3. The van der Waals surface area contributed by atoms with Crippen molar-refractivity contribution < 1.29 is 9.53 Å². The number of rotatable bonds is 5. The van der Waals surface area contributed by atoms with Crippen molar-refractivity contribution in [3.8, 4) is 33.6 Å². The minimum atomic E-state index is -0.529. The van der Waals surface area contributed by atoms with E-state index in [0.29, 0.717) is 18.0 Å². The minimum Gasteiger partial charge on any atom is -0.444 e. The highest BCUT2D eigenvalue weighted by molar-refractivity contribution is 5.90. The average molecular weight is 655 g/mol. The van der Waals surface area contributed by atoms with Crippen LogP contribution in [0.4, 0.5) is 4.79 Å². The Labute approximate surface area is 288 Å². The smallest absolute Gasteiger partial charge is 0.411 e. The van der Waals surface area contributed by atoms with Crippen LogP contribution in [-0.4, -0.2) is 48.6 Å². The van der Waals surface area contributed by atoms with Crippen LogP contribution in [0.3, 0.4) is 0 Å². The lowest BCUT2D eigenvalue weighted by molar-refractivity contribution is 0.0130. The lowest BCUT2D eigenvalue weighted by Gasteiger charge is -2.31. The van der Waals surface area contributed by atoms with Gasteiger partial charge in [0.2, 0.25) is 0 Å².